The maximum atomic E-state index is 5.46. The van der Waals surface area contributed by atoms with E-state index in [0.29, 0.717) is 0 Å². The monoisotopic (exact) mass is 285 g/mol. The van der Waals surface area contributed by atoms with Crippen LogP contribution in [0.5, 0.6) is 11.5 Å². The zero-order valence-corrected chi connectivity index (χ0v) is 12.4. The normalized spacial score (nSPS) is 19.3. The maximum Gasteiger partial charge on any atom is 0.201 e. The number of benzene rings is 1. The van der Waals surface area contributed by atoms with Gasteiger partial charge in [-0.05, 0) is 30.2 Å². The third-order valence-corrected chi connectivity index (χ3v) is 4.43. The van der Waals surface area contributed by atoms with Crippen molar-refractivity contribution in [3.63, 3.8) is 0 Å². The van der Waals surface area contributed by atoms with E-state index in [-0.39, 0.29) is 0 Å². The topological polar surface area (TPSA) is 37.3 Å². The molecule has 3 heterocycles. The van der Waals surface area contributed by atoms with Gasteiger partial charge in [0.2, 0.25) is 5.96 Å². The summed E-state index contributed by atoms with van der Waals surface area (Å²) in [7, 11) is 3.37. The predicted molar refractivity (Wildman–Crippen MR) is 81.8 cm³/mol. The van der Waals surface area contributed by atoms with Crippen molar-refractivity contribution >= 4 is 11.7 Å². The highest BCUT2D eigenvalue weighted by molar-refractivity contribution is 5.94. The van der Waals surface area contributed by atoms with Gasteiger partial charge in [-0.3, -0.25) is 4.99 Å². The molecule has 5 nitrogen and oxygen atoms in total. The summed E-state index contributed by atoms with van der Waals surface area (Å²) < 4.78 is 10.9. The number of guanidine groups is 1. The summed E-state index contributed by atoms with van der Waals surface area (Å²) >= 11 is 0. The first-order chi connectivity index (χ1) is 10.3. The first-order valence-electron chi connectivity index (χ1n) is 7.34. The van der Waals surface area contributed by atoms with E-state index in [1.807, 2.05) is 0 Å². The molecule has 0 spiro atoms. The molecule has 5 heteroatoms. The Hall–Kier alpha value is -2.17. The standard InChI is InChI=1S/C16H19N3O2/c1-20-14-9-11-3-7-19-13(12(11)10-15(14)21-2)4-6-18-8-5-17-16(18)19/h4,9-10H,3,5-8H2,1-2H3. The largest absolute Gasteiger partial charge is 0.493 e. The molecule has 3 aliphatic rings. The van der Waals surface area contributed by atoms with Gasteiger partial charge in [0.25, 0.3) is 0 Å². The van der Waals surface area contributed by atoms with Gasteiger partial charge >= 0.3 is 0 Å². The molecule has 4 rings (SSSR count). The molecule has 0 unspecified atom stereocenters. The summed E-state index contributed by atoms with van der Waals surface area (Å²) in [6, 6.07) is 4.20. The second kappa shape index (κ2) is 4.69. The summed E-state index contributed by atoms with van der Waals surface area (Å²) in [5, 5.41) is 0. The third-order valence-electron chi connectivity index (χ3n) is 4.43. The molecule has 1 aromatic rings. The number of rotatable bonds is 2. The van der Waals surface area contributed by atoms with E-state index >= 15 is 0 Å². The van der Waals surface area contributed by atoms with Crippen LogP contribution in [-0.4, -0.2) is 56.2 Å². The van der Waals surface area contributed by atoms with E-state index in [0.717, 1.165) is 50.1 Å². The van der Waals surface area contributed by atoms with Gasteiger partial charge in [0.1, 0.15) is 0 Å². The molecule has 3 aliphatic heterocycles. The van der Waals surface area contributed by atoms with E-state index in [9.17, 15) is 0 Å². The molecular formula is C16H19N3O2. The van der Waals surface area contributed by atoms with Crippen molar-refractivity contribution in [2.45, 2.75) is 6.42 Å². The van der Waals surface area contributed by atoms with Crippen LogP contribution in [0.25, 0.3) is 5.70 Å². The van der Waals surface area contributed by atoms with Crippen LogP contribution in [-0.2, 0) is 6.42 Å². The van der Waals surface area contributed by atoms with Crippen molar-refractivity contribution in [2.75, 3.05) is 40.4 Å². The molecule has 0 radical (unpaired) electrons. The van der Waals surface area contributed by atoms with Gasteiger partial charge in [0.15, 0.2) is 11.5 Å². The third kappa shape index (κ3) is 1.80. The molecular weight excluding hydrogens is 266 g/mol. The Morgan fingerprint density at radius 3 is 2.71 bits per heavy atom. The molecule has 1 aromatic carbocycles. The Bertz CT molecular complexity index is 651. The number of ether oxygens (including phenoxy) is 2. The van der Waals surface area contributed by atoms with E-state index < -0.39 is 0 Å². The molecule has 21 heavy (non-hydrogen) atoms. The molecule has 0 aliphatic carbocycles. The van der Waals surface area contributed by atoms with Crippen LogP contribution in [0.3, 0.4) is 0 Å². The van der Waals surface area contributed by atoms with Crippen LogP contribution < -0.4 is 9.47 Å². The van der Waals surface area contributed by atoms with E-state index in [2.05, 4.69) is 33.0 Å². The summed E-state index contributed by atoms with van der Waals surface area (Å²) in [4.78, 5) is 9.34. The highest BCUT2D eigenvalue weighted by Gasteiger charge is 2.33. The quantitative estimate of drug-likeness (QED) is 0.827. The molecule has 0 fully saturated rings. The summed E-state index contributed by atoms with van der Waals surface area (Å²) in [5.74, 6) is 2.73. The molecule has 110 valence electrons. The Kier molecular flexibility index (Phi) is 2.80. The van der Waals surface area contributed by atoms with Gasteiger partial charge in [0.05, 0.1) is 20.8 Å². The Morgan fingerprint density at radius 1 is 1.10 bits per heavy atom. The van der Waals surface area contributed by atoms with Gasteiger partial charge in [-0.1, -0.05) is 0 Å². The summed E-state index contributed by atoms with van der Waals surface area (Å²) in [6.45, 7) is 3.86. The molecule has 0 amide bonds. The minimum atomic E-state index is 0.787. The van der Waals surface area contributed by atoms with Gasteiger partial charge in [-0.2, -0.15) is 0 Å². The number of aliphatic imine (C=N–C) groups is 1. The molecule has 0 saturated carbocycles. The SMILES string of the molecule is COc1cc2c(cc1OC)C1=CCN3CCN=C3N1CC2. The van der Waals surface area contributed by atoms with Crippen molar-refractivity contribution < 1.29 is 9.47 Å². The zero-order chi connectivity index (χ0) is 14.4. The van der Waals surface area contributed by atoms with Crippen LogP contribution in [0.15, 0.2) is 23.2 Å². The number of methoxy groups -OCH3 is 2. The van der Waals surface area contributed by atoms with Gasteiger partial charge in [-0.15, -0.1) is 0 Å². The minimum Gasteiger partial charge on any atom is -0.493 e. The van der Waals surface area contributed by atoms with Crippen LogP contribution in [0.2, 0.25) is 0 Å². The smallest absolute Gasteiger partial charge is 0.201 e. The van der Waals surface area contributed by atoms with Crippen molar-refractivity contribution in [1.29, 1.82) is 0 Å². The first-order valence-corrected chi connectivity index (χ1v) is 7.34. The van der Waals surface area contributed by atoms with Crippen molar-refractivity contribution in [1.82, 2.24) is 9.80 Å². The lowest BCUT2D eigenvalue weighted by Crippen LogP contribution is -2.47. The minimum absolute atomic E-state index is 0.787. The van der Waals surface area contributed by atoms with Crippen molar-refractivity contribution in [3.8, 4) is 11.5 Å². The molecule has 0 bridgehead atoms. The molecule has 0 atom stereocenters. The number of nitrogens with zero attached hydrogens (tertiary/aromatic N) is 3. The molecule has 0 saturated heterocycles. The van der Waals surface area contributed by atoms with Crippen molar-refractivity contribution in [2.24, 2.45) is 4.99 Å². The maximum absolute atomic E-state index is 5.46. The highest BCUT2D eigenvalue weighted by Crippen LogP contribution is 2.39. The van der Waals surface area contributed by atoms with Crippen LogP contribution in [0, 0.1) is 0 Å². The number of hydrogen-bond acceptors (Lipinski definition) is 5. The Labute approximate surface area is 124 Å². The van der Waals surface area contributed by atoms with E-state index in [4.69, 9.17) is 9.47 Å². The Morgan fingerprint density at radius 2 is 1.90 bits per heavy atom. The first kappa shape index (κ1) is 12.6. The fourth-order valence-electron chi connectivity index (χ4n) is 3.39. The van der Waals surface area contributed by atoms with Gasteiger partial charge in [0, 0.05) is 30.9 Å². The van der Waals surface area contributed by atoms with Gasteiger partial charge < -0.3 is 19.3 Å². The lowest BCUT2D eigenvalue weighted by atomic mass is 9.94. The fraction of sp³-hybridized carbons (Fsp3) is 0.438. The fourth-order valence-corrected chi connectivity index (χ4v) is 3.39. The van der Waals surface area contributed by atoms with Crippen LogP contribution in [0.1, 0.15) is 11.1 Å². The van der Waals surface area contributed by atoms with Crippen molar-refractivity contribution in [3.05, 3.63) is 29.3 Å². The molecule has 0 N–H and O–H groups in total. The highest BCUT2D eigenvalue weighted by atomic mass is 16.5. The average molecular weight is 285 g/mol. The Balaban J connectivity index is 1.82. The number of hydrogen-bond donors (Lipinski definition) is 0. The average Bonchev–Trinajstić information content (AvgIpc) is 3.01. The number of fused-ring (bicyclic) bond motifs is 5. The molecule has 0 aromatic heterocycles. The second-order valence-corrected chi connectivity index (χ2v) is 5.48. The lowest BCUT2D eigenvalue weighted by Gasteiger charge is -2.40. The summed E-state index contributed by atoms with van der Waals surface area (Å²) in [5.41, 5.74) is 3.82. The zero-order valence-electron chi connectivity index (χ0n) is 12.4. The predicted octanol–water partition coefficient (Wildman–Crippen LogP) is 1.59. The van der Waals surface area contributed by atoms with E-state index in [1.54, 1.807) is 14.2 Å². The van der Waals surface area contributed by atoms with E-state index in [1.165, 1.54) is 16.8 Å². The van der Waals surface area contributed by atoms with Gasteiger partial charge in [-0.25, -0.2) is 0 Å². The van der Waals surface area contributed by atoms with Crippen LogP contribution >= 0.6 is 0 Å². The second-order valence-electron chi connectivity index (χ2n) is 5.48. The lowest BCUT2D eigenvalue weighted by molar-refractivity contribution is 0.353. The van der Waals surface area contributed by atoms with Crippen LogP contribution in [0.4, 0.5) is 0 Å². The summed E-state index contributed by atoms with van der Waals surface area (Å²) in [6.07, 6.45) is 3.30.